The molecule has 0 bridgehead atoms. The number of carbonyl (C=O) groups excluding carboxylic acids is 1. The average Bonchev–Trinajstić information content (AvgIpc) is 2.76. The largest absolute Gasteiger partial charge is 0.370 e. The summed E-state index contributed by atoms with van der Waals surface area (Å²) in [6, 6.07) is 5.28. The number of amides is 1. The molecule has 19 heavy (non-hydrogen) atoms. The molecule has 0 aliphatic carbocycles. The molecule has 0 atom stereocenters. The molecule has 0 saturated heterocycles. The molecule has 2 heterocycles. The van der Waals surface area contributed by atoms with E-state index in [0.29, 0.717) is 22.3 Å². The van der Waals surface area contributed by atoms with Crippen LogP contribution in [0.1, 0.15) is 6.92 Å². The number of anilines is 1. The summed E-state index contributed by atoms with van der Waals surface area (Å²) in [5.41, 5.74) is 11.9. The van der Waals surface area contributed by atoms with Crippen LogP contribution >= 0.6 is 11.3 Å². The van der Waals surface area contributed by atoms with Crippen LogP contribution in [-0.2, 0) is 4.79 Å². The molecular formula is C11H12N6OS. The topological polar surface area (TPSA) is 119 Å². The van der Waals surface area contributed by atoms with Crippen LogP contribution in [0.5, 0.6) is 0 Å². The molecule has 7 nitrogen and oxygen atoms in total. The van der Waals surface area contributed by atoms with Crippen LogP contribution in [0.3, 0.4) is 0 Å². The number of hydrogen-bond acceptors (Lipinski definition) is 5. The minimum atomic E-state index is -0.177. The lowest BCUT2D eigenvalue weighted by atomic mass is 10.3. The van der Waals surface area contributed by atoms with E-state index in [9.17, 15) is 4.79 Å². The van der Waals surface area contributed by atoms with Crippen LogP contribution < -0.4 is 16.8 Å². The second-order valence-electron chi connectivity index (χ2n) is 3.64. The lowest BCUT2D eigenvalue weighted by Crippen LogP contribution is -2.21. The van der Waals surface area contributed by atoms with Crippen LogP contribution in [0.2, 0.25) is 0 Å². The molecule has 2 aromatic rings. The van der Waals surface area contributed by atoms with E-state index in [0.717, 1.165) is 0 Å². The van der Waals surface area contributed by atoms with E-state index in [-0.39, 0.29) is 11.9 Å². The molecule has 0 aliphatic rings. The number of pyridine rings is 1. The van der Waals surface area contributed by atoms with Crippen molar-refractivity contribution in [1.82, 2.24) is 9.97 Å². The van der Waals surface area contributed by atoms with Crippen molar-refractivity contribution in [3.8, 4) is 11.4 Å². The van der Waals surface area contributed by atoms with Crippen molar-refractivity contribution in [3.63, 3.8) is 0 Å². The molecule has 0 saturated carbocycles. The highest BCUT2D eigenvalue weighted by atomic mass is 32.1. The van der Waals surface area contributed by atoms with Gasteiger partial charge in [-0.05, 0) is 12.1 Å². The molecule has 0 unspecified atom stereocenters. The number of hydrogen-bond donors (Lipinski definition) is 3. The van der Waals surface area contributed by atoms with Gasteiger partial charge in [-0.3, -0.25) is 4.79 Å². The predicted molar refractivity (Wildman–Crippen MR) is 75.1 cm³/mol. The summed E-state index contributed by atoms with van der Waals surface area (Å²) in [4.78, 5) is 23.3. The van der Waals surface area contributed by atoms with Crippen molar-refractivity contribution < 1.29 is 4.79 Å². The zero-order valence-corrected chi connectivity index (χ0v) is 10.9. The molecule has 1 amide bonds. The number of thiazole rings is 1. The van der Waals surface area contributed by atoms with E-state index in [4.69, 9.17) is 11.5 Å². The van der Waals surface area contributed by atoms with Crippen molar-refractivity contribution in [2.75, 3.05) is 5.32 Å². The number of guanidine groups is 1. The summed E-state index contributed by atoms with van der Waals surface area (Å²) in [5.74, 6) is 0.256. The average molecular weight is 276 g/mol. The van der Waals surface area contributed by atoms with Gasteiger partial charge in [-0.1, -0.05) is 6.07 Å². The number of aliphatic imine (C=N–C) groups is 1. The van der Waals surface area contributed by atoms with E-state index in [1.165, 1.54) is 18.3 Å². The number of carbonyl (C=O) groups is 1. The maximum absolute atomic E-state index is 11.0. The molecule has 0 fully saturated rings. The first-order valence-corrected chi connectivity index (χ1v) is 6.23. The van der Waals surface area contributed by atoms with Crippen LogP contribution in [0.15, 0.2) is 28.6 Å². The van der Waals surface area contributed by atoms with E-state index in [1.807, 2.05) is 0 Å². The van der Waals surface area contributed by atoms with Crippen LogP contribution in [-0.4, -0.2) is 21.8 Å². The third kappa shape index (κ3) is 3.49. The number of rotatable bonds is 3. The van der Waals surface area contributed by atoms with Crippen molar-refractivity contribution in [3.05, 3.63) is 23.6 Å². The maximum Gasteiger partial charge on any atom is 0.222 e. The minimum Gasteiger partial charge on any atom is -0.370 e. The van der Waals surface area contributed by atoms with Gasteiger partial charge in [0.15, 0.2) is 5.96 Å². The monoisotopic (exact) mass is 276 g/mol. The Hall–Kier alpha value is -2.48. The highest BCUT2D eigenvalue weighted by Gasteiger charge is 2.07. The molecule has 2 aromatic heterocycles. The highest BCUT2D eigenvalue weighted by Crippen LogP contribution is 2.25. The molecule has 8 heteroatoms. The van der Waals surface area contributed by atoms with Crippen molar-refractivity contribution in [2.24, 2.45) is 16.5 Å². The quantitative estimate of drug-likeness (QED) is 0.572. The predicted octanol–water partition coefficient (Wildman–Crippen LogP) is 1.07. The van der Waals surface area contributed by atoms with Gasteiger partial charge in [0.25, 0.3) is 0 Å². The fourth-order valence-corrected chi connectivity index (χ4v) is 2.07. The second-order valence-corrected chi connectivity index (χ2v) is 4.48. The standard InChI is InChI=1S/C11H12N6OS/c1-6(18)14-9-4-2-3-7(15-9)8-5-19-11(16-8)17-10(12)13/h2-5H,1H3,(H,14,15,18)(H4,12,13,16,17). The number of nitrogens with two attached hydrogens (primary N) is 2. The second kappa shape index (κ2) is 5.44. The summed E-state index contributed by atoms with van der Waals surface area (Å²) in [5, 5.41) is 4.87. The first kappa shape index (κ1) is 13.0. The van der Waals surface area contributed by atoms with Gasteiger partial charge in [0.2, 0.25) is 11.0 Å². The Morgan fingerprint density at radius 1 is 1.32 bits per heavy atom. The fourth-order valence-electron chi connectivity index (χ4n) is 1.37. The fraction of sp³-hybridized carbons (Fsp3) is 0.0909. The number of nitrogens with zero attached hydrogens (tertiary/aromatic N) is 3. The van der Waals surface area contributed by atoms with Crippen molar-refractivity contribution in [1.29, 1.82) is 0 Å². The summed E-state index contributed by atoms with van der Waals surface area (Å²) in [7, 11) is 0. The van der Waals surface area contributed by atoms with Crippen molar-refractivity contribution in [2.45, 2.75) is 6.92 Å². The zero-order chi connectivity index (χ0) is 13.8. The first-order valence-electron chi connectivity index (χ1n) is 5.35. The van der Waals surface area contributed by atoms with E-state index in [1.54, 1.807) is 23.6 Å². The van der Waals surface area contributed by atoms with Gasteiger partial charge in [0.1, 0.15) is 11.5 Å². The number of nitrogens with one attached hydrogen (secondary N) is 1. The van der Waals surface area contributed by atoms with E-state index in [2.05, 4.69) is 20.3 Å². The Kier molecular flexibility index (Phi) is 3.71. The van der Waals surface area contributed by atoms with E-state index >= 15 is 0 Å². The highest BCUT2D eigenvalue weighted by molar-refractivity contribution is 7.13. The number of aromatic nitrogens is 2. The lowest BCUT2D eigenvalue weighted by Gasteiger charge is -2.02. The molecule has 98 valence electrons. The Morgan fingerprint density at radius 3 is 2.79 bits per heavy atom. The Labute approximate surface area is 113 Å². The van der Waals surface area contributed by atoms with E-state index < -0.39 is 0 Å². The smallest absolute Gasteiger partial charge is 0.222 e. The van der Waals surface area contributed by atoms with Gasteiger partial charge < -0.3 is 16.8 Å². The van der Waals surface area contributed by atoms with Crippen molar-refractivity contribution >= 4 is 34.2 Å². The first-order chi connectivity index (χ1) is 9.04. The van der Waals surface area contributed by atoms with Gasteiger partial charge in [0.05, 0.1) is 5.69 Å². The maximum atomic E-state index is 11.0. The van der Waals surface area contributed by atoms with Gasteiger partial charge in [-0.2, -0.15) is 4.99 Å². The molecule has 0 aliphatic heterocycles. The molecule has 0 aromatic carbocycles. The van der Waals surface area contributed by atoms with Crippen LogP contribution in [0, 0.1) is 0 Å². The van der Waals surface area contributed by atoms with Crippen LogP contribution in [0.4, 0.5) is 10.9 Å². The third-order valence-corrected chi connectivity index (χ3v) is 2.77. The summed E-state index contributed by atoms with van der Waals surface area (Å²) >= 11 is 1.31. The minimum absolute atomic E-state index is 0.0409. The Morgan fingerprint density at radius 2 is 2.11 bits per heavy atom. The van der Waals surface area contributed by atoms with Gasteiger partial charge in [0, 0.05) is 12.3 Å². The lowest BCUT2D eigenvalue weighted by molar-refractivity contribution is -0.114. The third-order valence-electron chi connectivity index (χ3n) is 2.03. The molecule has 0 radical (unpaired) electrons. The van der Waals surface area contributed by atoms with Gasteiger partial charge in [-0.25, -0.2) is 9.97 Å². The summed E-state index contributed by atoms with van der Waals surface area (Å²) < 4.78 is 0. The summed E-state index contributed by atoms with van der Waals surface area (Å²) in [6.07, 6.45) is 0. The molecular weight excluding hydrogens is 264 g/mol. The Balaban J connectivity index is 2.29. The van der Waals surface area contributed by atoms with Crippen LogP contribution in [0.25, 0.3) is 11.4 Å². The summed E-state index contributed by atoms with van der Waals surface area (Å²) in [6.45, 7) is 1.42. The zero-order valence-electron chi connectivity index (χ0n) is 10.1. The SMILES string of the molecule is CC(=O)Nc1cccc(-c2csc(N=C(N)N)n2)n1. The van der Waals surface area contributed by atoms with Gasteiger partial charge in [-0.15, -0.1) is 11.3 Å². The molecule has 5 N–H and O–H groups in total. The molecule has 2 rings (SSSR count). The normalized spacial score (nSPS) is 9.95. The Bertz CT molecular complexity index is 632. The van der Waals surface area contributed by atoms with Gasteiger partial charge >= 0.3 is 0 Å². The molecule has 0 spiro atoms.